The Kier molecular flexibility index (Phi) is 11.6. The standard InChI is InChI=1S/C31H37Cl2N3O4S/c1-5-7-18-34-31(38)28(6-2)35(20-24-12-8-22(3)9-13-24)30(37)21-36(29-19-25(32)14-17-27(29)33)41(39,40)26-15-10-23(4)11-16-26/h8-17,19,28H,5-7,18,20-21H2,1-4H3,(H,34,38). The number of nitrogens with zero attached hydrogens (tertiary/aromatic N) is 2. The van der Waals surface area contributed by atoms with Gasteiger partial charge < -0.3 is 10.2 Å². The number of hydrogen-bond donors (Lipinski definition) is 1. The molecule has 41 heavy (non-hydrogen) atoms. The van der Waals surface area contributed by atoms with Gasteiger partial charge in [0.1, 0.15) is 12.6 Å². The lowest BCUT2D eigenvalue weighted by molar-refractivity contribution is -0.140. The highest BCUT2D eigenvalue weighted by Crippen LogP contribution is 2.33. The molecule has 3 aromatic carbocycles. The van der Waals surface area contributed by atoms with Crippen molar-refractivity contribution >= 4 is 50.7 Å². The molecule has 3 aromatic rings. The maximum atomic E-state index is 14.1. The summed E-state index contributed by atoms with van der Waals surface area (Å²) in [6.07, 6.45) is 2.07. The van der Waals surface area contributed by atoms with Crippen LogP contribution in [0.15, 0.2) is 71.6 Å². The maximum Gasteiger partial charge on any atom is 0.264 e. The molecule has 0 aliphatic rings. The monoisotopic (exact) mass is 617 g/mol. The van der Waals surface area contributed by atoms with E-state index in [1.165, 1.54) is 29.2 Å². The summed E-state index contributed by atoms with van der Waals surface area (Å²) in [6, 6.07) is 17.6. The summed E-state index contributed by atoms with van der Waals surface area (Å²) in [4.78, 5) is 28.8. The first-order valence-electron chi connectivity index (χ1n) is 13.6. The number of carbonyl (C=O) groups excluding carboxylic acids is 2. The molecule has 1 atom stereocenters. The smallest absolute Gasteiger partial charge is 0.264 e. The minimum Gasteiger partial charge on any atom is -0.354 e. The van der Waals surface area contributed by atoms with Gasteiger partial charge >= 0.3 is 0 Å². The van der Waals surface area contributed by atoms with Crippen molar-refractivity contribution in [1.82, 2.24) is 10.2 Å². The van der Waals surface area contributed by atoms with E-state index >= 15 is 0 Å². The molecule has 0 heterocycles. The van der Waals surface area contributed by atoms with Crippen molar-refractivity contribution in [2.75, 3.05) is 17.4 Å². The molecular weight excluding hydrogens is 581 g/mol. The van der Waals surface area contributed by atoms with Gasteiger partial charge in [0.15, 0.2) is 0 Å². The van der Waals surface area contributed by atoms with Crippen LogP contribution in [0.3, 0.4) is 0 Å². The SMILES string of the molecule is CCCCNC(=O)C(CC)N(Cc1ccc(C)cc1)C(=O)CN(c1cc(Cl)ccc1Cl)S(=O)(=O)c1ccc(C)cc1. The summed E-state index contributed by atoms with van der Waals surface area (Å²) in [5.74, 6) is -0.829. The molecule has 2 amide bonds. The minimum absolute atomic E-state index is 0.00127. The van der Waals surface area contributed by atoms with Crippen LogP contribution < -0.4 is 9.62 Å². The van der Waals surface area contributed by atoms with E-state index in [1.807, 2.05) is 52.0 Å². The highest BCUT2D eigenvalue weighted by molar-refractivity contribution is 7.92. The van der Waals surface area contributed by atoms with Crippen LogP contribution >= 0.6 is 23.2 Å². The Morgan fingerprint density at radius 2 is 1.51 bits per heavy atom. The third kappa shape index (κ3) is 8.47. The van der Waals surface area contributed by atoms with Crippen LogP contribution in [0.4, 0.5) is 5.69 Å². The molecule has 0 saturated carbocycles. The number of unbranched alkanes of at least 4 members (excludes halogenated alkanes) is 1. The van der Waals surface area contributed by atoms with Crippen molar-refractivity contribution in [1.29, 1.82) is 0 Å². The molecule has 0 aromatic heterocycles. The molecule has 0 radical (unpaired) electrons. The van der Waals surface area contributed by atoms with E-state index in [9.17, 15) is 18.0 Å². The summed E-state index contributed by atoms with van der Waals surface area (Å²) >= 11 is 12.7. The molecule has 7 nitrogen and oxygen atoms in total. The van der Waals surface area contributed by atoms with Gasteiger partial charge in [-0.1, -0.05) is 91.0 Å². The number of halogens is 2. The number of rotatable bonds is 13. The van der Waals surface area contributed by atoms with Gasteiger partial charge in [0, 0.05) is 18.1 Å². The quantitative estimate of drug-likeness (QED) is 0.221. The van der Waals surface area contributed by atoms with E-state index in [-0.39, 0.29) is 33.1 Å². The Labute approximate surface area is 253 Å². The number of carbonyl (C=O) groups is 2. The third-order valence-corrected chi connectivity index (χ3v) is 9.08. The molecule has 1 N–H and O–H groups in total. The van der Waals surface area contributed by atoms with Crippen LogP contribution in [-0.4, -0.2) is 44.3 Å². The number of amides is 2. The lowest BCUT2D eigenvalue weighted by Crippen LogP contribution is -2.52. The first-order valence-corrected chi connectivity index (χ1v) is 15.8. The Balaban J connectivity index is 2.07. The van der Waals surface area contributed by atoms with E-state index in [0.717, 1.165) is 33.8 Å². The summed E-state index contributed by atoms with van der Waals surface area (Å²) in [5, 5.41) is 3.31. The summed E-state index contributed by atoms with van der Waals surface area (Å²) in [7, 11) is -4.25. The van der Waals surface area contributed by atoms with E-state index < -0.39 is 28.5 Å². The van der Waals surface area contributed by atoms with Gasteiger partial charge in [0.2, 0.25) is 11.8 Å². The molecule has 3 rings (SSSR count). The first kappa shape index (κ1) is 32.4. The number of nitrogens with one attached hydrogen (secondary N) is 1. The molecule has 0 spiro atoms. The highest BCUT2D eigenvalue weighted by atomic mass is 35.5. The van der Waals surface area contributed by atoms with Gasteiger partial charge in [-0.05, 0) is 62.6 Å². The molecule has 0 fully saturated rings. The number of benzene rings is 3. The zero-order valence-corrected chi connectivity index (χ0v) is 26.2. The highest BCUT2D eigenvalue weighted by Gasteiger charge is 2.34. The molecular formula is C31H37Cl2N3O4S. The Bertz CT molecular complexity index is 1450. The average Bonchev–Trinajstić information content (AvgIpc) is 2.94. The van der Waals surface area contributed by atoms with Gasteiger partial charge in [0.05, 0.1) is 15.6 Å². The van der Waals surface area contributed by atoms with E-state index in [1.54, 1.807) is 18.2 Å². The van der Waals surface area contributed by atoms with Crippen LogP contribution in [0, 0.1) is 13.8 Å². The molecule has 0 aliphatic carbocycles. The third-order valence-electron chi connectivity index (χ3n) is 6.75. The molecule has 0 saturated heterocycles. The number of anilines is 1. The van der Waals surface area contributed by atoms with Crippen molar-refractivity contribution in [3.63, 3.8) is 0 Å². The lowest BCUT2D eigenvalue weighted by atomic mass is 10.1. The summed E-state index contributed by atoms with van der Waals surface area (Å²) in [6.45, 7) is 7.71. The fourth-order valence-electron chi connectivity index (χ4n) is 4.34. The van der Waals surface area contributed by atoms with Crippen LogP contribution in [-0.2, 0) is 26.2 Å². The fourth-order valence-corrected chi connectivity index (χ4v) is 6.20. The molecule has 220 valence electrons. The number of aryl methyl sites for hydroxylation is 2. The van der Waals surface area contributed by atoms with E-state index in [2.05, 4.69) is 5.32 Å². The average molecular weight is 619 g/mol. The molecule has 0 aliphatic heterocycles. The fraction of sp³-hybridized carbons (Fsp3) is 0.355. The predicted octanol–water partition coefficient (Wildman–Crippen LogP) is 6.53. The van der Waals surface area contributed by atoms with Gasteiger partial charge in [-0.3, -0.25) is 13.9 Å². The van der Waals surface area contributed by atoms with Gasteiger partial charge in [-0.15, -0.1) is 0 Å². The predicted molar refractivity (Wildman–Crippen MR) is 166 cm³/mol. The topological polar surface area (TPSA) is 86.8 Å². The second-order valence-electron chi connectivity index (χ2n) is 10.00. The second kappa shape index (κ2) is 14.7. The van der Waals surface area contributed by atoms with Crippen LogP contribution in [0.2, 0.25) is 10.0 Å². The van der Waals surface area contributed by atoms with Crippen LogP contribution in [0.1, 0.15) is 49.8 Å². The van der Waals surface area contributed by atoms with Gasteiger partial charge in [-0.2, -0.15) is 0 Å². The van der Waals surface area contributed by atoms with Gasteiger partial charge in [-0.25, -0.2) is 8.42 Å². The first-order chi connectivity index (χ1) is 19.5. The normalized spacial score (nSPS) is 12.0. The van der Waals surface area contributed by atoms with Crippen molar-refractivity contribution in [2.24, 2.45) is 0 Å². The number of sulfonamides is 1. The van der Waals surface area contributed by atoms with Crippen molar-refractivity contribution in [2.45, 2.75) is 64.4 Å². The van der Waals surface area contributed by atoms with Crippen molar-refractivity contribution < 1.29 is 18.0 Å². The Morgan fingerprint density at radius 3 is 2.10 bits per heavy atom. The van der Waals surface area contributed by atoms with Crippen LogP contribution in [0.5, 0.6) is 0 Å². The summed E-state index contributed by atoms with van der Waals surface area (Å²) < 4.78 is 28.9. The molecule has 10 heteroatoms. The lowest BCUT2D eigenvalue weighted by Gasteiger charge is -2.33. The van der Waals surface area contributed by atoms with Crippen molar-refractivity contribution in [3.8, 4) is 0 Å². The largest absolute Gasteiger partial charge is 0.354 e. The zero-order chi connectivity index (χ0) is 30.2. The Hall–Kier alpha value is -3.07. The summed E-state index contributed by atoms with van der Waals surface area (Å²) in [5.41, 5.74) is 2.83. The zero-order valence-electron chi connectivity index (χ0n) is 23.9. The molecule has 1 unspecified atom stereocenters. The minimum atomic E-state index is -4.25. The second-order valence-corrected chi connectivity index (χ2v) is 12.7. The maximum absolute atomic E-state index is 14.1. The van der Waals surface area contributed by atoms with Crippen molar-refractivity contribution in [3.05, 3.63) is 93.5 Å². The number of hydrogen-bond acceptors (Lipinski definition) is 4. The van der Waals surface area contributed by atoms with E-state index in [4.69, 9.17) is 23.2 Å². The Morgan fingerprint density at radius 1 is 0.902 bits per heavy atom. The van der Waals surface area contributed by atoms with E-state index in [0.29, 0.717) is 13.0 Å². The van der Waals surface area contributed by atoms with Gasteiger partial charge in [0.25, 0.3) is 10.0 Å². The van der Waals surface area contributed by atoms with Crippen LogP contribution in [0.25, 0.3) is 0 Å². The molecule has 0 bridgehead atoms.